The summed E-state index contributed by atoms with van der Waals surface area (Å²) in [5.74, 6) is 0.199. The van der Waals surface area contributed by atoms with Gasteiger partial charge in [-0.1, -0.05) is 13.8 Å². The Balaban J connectivity index is 1.78. The lowest BCUT2D eigenvalue weighted by atomic mass is 10.3. The van der Waals surface area contributed by atoms with Gasteiger partial charge in [0.15, 0.2) is 0 Å². The Hall–Kier alpha value is -1.87. The first-order valence-corrected chi connectivity index (χ1v) is 10.5. The fourth-order valence-electron chi connectivity index (χ4n) is 3.27. The van der Waals surface area contributed by atoms with Crippen molar-refractivity contribution in [1.29, 1.82) is 0 Å². The SMILES string of the molecule is CCN(CC)S(=O)(=O)c1cc(C(=O)N2CC(=O)N(CC3CC3)C2)n(C)c1. The van der Waals surface area contributed by atoms with Crippen LogP contribution in [0.15, 0.2) is 17.2 Å². The van der Waals surface area contributed by atoms with Gasteiger partial charge in [-0.2, -0.15) is 4.31 Å². The van der Waals surface area contributed by atoms with Gasteiger partial charge in [0.2, 0.25) is 15.9 Å². The van der Waals surface area contributed by atoms with Crippen LogP contribution in [-0.2, 0) is 21.9 Å². The summed E-state index contributed by atoms with van der Waals surface area (Å²) >= 11 is 0. The van der Waals surface area contributed by atoms with Crippen molar-refractivity contribution in [2.24, 2.45) is 13.0 Å². The molecule has 3 rings (SSSR count). The Morgan fingerprint density at radius 1 is 1.27 bits per heavy atom. The van der Waals surface area contributed by atoms with Crippen molar-refractivity contribution in [2.45, 2.75) is 31.6 Å². The number of carbonyl (C=O) groups excluding carboxylic acids is 2. The molecule has 0 radical (unpaired) electrons. The zero-order chi connectivity index (χ0) is 19.1. The fraction of sp³-hybridized carbons (Fsp3) is 0.647. The van der Waals surface area contributed by atoms with Crippen molar-refractivity contribution in [3.8, 4) is 0 Å². The summed E-state index contributed by atoms with van der Waals surface area (Å²) in [6, 6.07) is 1.41. The number of rotatable bonds is 7. The second kappa shape index (κ2) is 7.03. The number of nitrogens with zero attached hydrogens (tertiary/aromatic N) is 4. The molecule has 144 valence electrons. The Bertz CT molecular complexity index is 809. The number of hydrogen-bond donors (Lipinski definition) is 0. The Labute approximate surface area is 154 Å². The van der Waals surface area contributed by atoms with E-state index in [4.69, 9.17) is 0 Å². The number of hydrogen-bond acceptors (Lipinski definition) is 4. The second-order valence-electron chi connectivity index (χ2n) is 6.97. The molecule has 1 aromatic heterocycles. The summed E-state index contributed by atoms with van der Waals surface area (Å²) in [6.45, 7) is 5.33. The van der Waals surface area contributed by atoms with E-state index in [1.54, 1.807) is 25.8 Å². The molecule has 26 heavy (non-hydrogen) atoms. The zero-order valence-corrected chi connectivity index (χ0v) is 16.3. The van der Waals surface area contributed by atoms with Gasteiger partial charge < -0.3 is 14.4 Å². The lowest BCUT2D eigenvalue weighted by molar-refractivity contribution is -0.126. The van der Waals surface area contributed by atoms with E-state index >= 15 is 0 Å². The minimum atomic E-state index is -3.62. The van der Waals surface area contributed by atoms with Crippen LogP contribution in [0.2, 0.25) is 0 Å². The van der Waals surface area contributed by atoms with E-state index in [-0.39, 0.29) is 35.6 Å². The topological polar surface area (TPSA) is 82.9 Å². The van der Waals surface area contributed by atoms with Crippen molar-refractivity contribution in [3.05, 3.63) is 18.0 Å². The number of carbonyl (C=O) groups is 2. The van der Waals surface area contributed by atoms with Crippen LogP contribution in [0.1, 0.15) is 37.2 Å². The molecule has 8 nitrogen and oxygen atoms in total. The molecule has 1 aromatic rings. The van der Waals surface area contributed by atoms with E-state index in [9.17, 15) is 18.0 Å². The highest BCUT2D eigenvalue weighted by Gasteiger charge is 2.36. The molecule has 1 saturated heterocycles. The molecule has 2 fully saturated rings. The Kier molecular flexibility index (Phi) is 5.12. The minimum absolute atomic E-state index is 0.0459. The minimum Gasteiger partial charge on any atom is -0.345 e. The maximum absolute atomic E-state index is 12.8. The normalized spacial score (nSPS) is 18.2. The van der Waals surface area contributed by atoms with Crippen molar-refractivity contribution in [1.82, 2.24) is 18.7 Å². The highest BCUT2D eigenvalue weighted by molar-refractivity contribution is 7.89. The van der Waals surface area contributed by atoms with Gasteiger partial charge in [0.25, 0.3) is 5.91 Å². The van der Waals surface area contributed by atoms with Gasteiger partial charge in [-0.05, 0) is 24.8 Å². The van der Waals surface area contributed by atoms with Gasteiger partial charge in [-0.15, -0.1) is 0 Å². The molecule has 0 bridgehead atoms. The van der Waals surface area contributed by atoms with Crippen LogP contribution >= 0.6 is 0 Å². The molecule has 1 aliphatic carbocycles. The van der Waals surface area contributed by atoms with E-state index < -0.39 is 10.0 Å². The lowest BCUT2D eigenvalue weighted by Gasteiger charge is -2.18. The van der Waals surface area contributed by atoms with E-state index in [2.05, 4.69) is 0 Å². The largest absolute Gasteiger partial charge is 0.345 e. The Morgan fingerprint density at radius 3 is 2.50 bits per heavy atom. The van der Waals surface area contributed by atoms with Gasteiger partial charge in [0.05, 0.1) is 6.67 Å². The molecule has 2 heterocycles. The summed E-state index contributed by atoms with van der Waals surface area (Å²) in [5.41, 5.74) is 0.275. The van der Waals surface area contributed by atoms with Gasteiger partial charge in [0, 0.05) is 32.9 Å². The highest BCUT2D eigenvalue weighted by atomic mass is 32.2. The summed E-state index contributed by atoms with van der Waals surface area (Å²) < 4.78 is 28.2. The molecule has 2 aliphatic rings. The molecule has 0 N–H and O–H groups in total. The standard InChI is InChI=1S/C17H26N4O4S/c1-4-21(5-2)26(24,25)14-8-15(18(3)10-14)17(23)20-11-16(22)19(12-20)9-13-6-7-13/h8,10,13H,4-7,9,11-12H2,1-3H3. The molecular weight excluding hydrogens is 356 g/mol. The first-order valence-electron chi connectivity index (χ1n) is 9.01. The van der Waals surface area contributed by atoms with Crippen molar-refractivity contribution >= 4 is 21.8 Å². The molecule has 0 atom stereocenters. The van der Waals surface area contributed by atoms with Gasteiger partial charge in [0.1, 0.15) is 17.1 Å². The van der Waals surface area contributed by atoms with E-state index in [1.165, 1.54) is 26.0 Å². The van der Waals surface area contributed by atoms with Crippen molar-refractivity contribution in [2.75, 3.05) is 32.8 Å². The van der Waals surface area contributed by atoms with Gasteiger partial charge in [-0.25, -0.2) is 8.42 Å². The molecular formula is C17H26N4O4S. The first kappa shape index (κ1) is 18.9. The van der Waals surface area contributed by atoms with E-state index in [0.29, 0.717) is 25.6 Å². The molecule has 0 aromatic carbocycles. The summed E-state index contributed by atoms with van der Waals surface area (Å²) in [6.07, 6.45) is 3.74. The average Bonchev–Trinajstić information content (AvgIpc) is 3.20. The molecule has 0 spiro atoms. The quantitative estimate of drug-likeness (QED) is 0.695. The third-order valence-electron chi connectivity index (χ3n) is 5.03. The van der Waals surface area contributed by atoms with Gasteiger partial charge in [-0.3, -0.25) is 9.59 Å². The molecule has 2 amide bonds. The lowest BCUT2D eigenvalue weighted by Crippen LogP contribution is -2.33. The molecule has 0 unspecified atom stereocenters. The van der Waals surface area contributed by atoms with Crippen LogP contribution in [0.4, 0.5) is 0 Å². The third-order valence-corrected chi connectivity index (χ3v) is 7.04. The third kappa shape index (κ3) is 3.50. The smallest absolute Gasteiger partial charge is 0.272 e. The fourth-order valence-corrected chi connectivity index (χ4v) is 4.80. The number of aromatic nitrogens is 1. The van der Waals surface area contributed by atoms with Crippen LogP contribution in [0, 0.1) is 5.92 Å². The highest BCUT2D eigenvalue weighted by Crippen LogP contribution is 2.30. The maximum atomic E-state index is 12.8. The van der Waals surface area contributed by atoms with Crippen LogP contribution < -0.4 is 0 Å². The predicted octanol–water partition coefficient (Wildman–Crippen LogP) is 0.708. The van der Waals surface area contributed by atoms with Crippen LogP contribution in [0.25, 0.3) is 0 Å². The monoisotopic (exact) mass is 382 g/mol. The number of amides is 2. The summed E-state index contributed by atoms with van der Waals surface area (Å²) in [5, 5.41) is 0. The molecule has 1 saturated carbocycles. The first-order chi connectivity index (χ1) is 12.3. The van der Waals surface area contributed by atoms with Crippen molar-refractivity contribution in [3.63, 3.8) is 0 Å². The second-order valence-corrected chi connectivity index (χ2v) is 8.90. The van der Waals surface area contributed by atoms with Gasteiger partial charge >= 0.3 is 0 Å². The summed E-state index contributed by atoms with van der Waals surface area (Å²) in [4.78, 5) is 28.2. The number of sulfonamides is 1. The Morgan fingerprint density at radius 2 is 1.92 bits per heavy atom. The van der Waals surface area contributed by atoms with Crippen molar-refractivity contribution < 1.29 is 18.0 Å². The van der Waals surface area contributed by atoms with Crippen LogP contribution in [0.5, 0.6) is 0 Å². The van der Waals surface area contributed by atoms with Crippen LogP contribution in [0.3, 0.4) is 0 Å². The van der Waals surface area contributed by atoms with Crippen LogP contribution in [-0.4, -0.2) is 71.8 Å². The molecule has 9 heteroatoms. The number of aryl methyl sites for hydroxylation is 1. The maximum Gasteiger partial charge on any atom is 0.272 e. The van der Waals surface area contributed by atoms with E-state index in [0.717, 1.165) is 12.8 Å². The average molecular weight is 382 g/mol. The zero-order valence-electron chi connectivity index (χ0n) is 15.5. The van der Waals surface area contributed by atoms with E-state index in [1.807, 2.05) is 0 Å². The summed E-state index contributed by atoms with van der Waals surface area (Å²) in [7, 11) is -1.98. The molecule has 1 aliphatic heterocycles. The predicted molar refractivity (Wildman–Crippen MR) is 95.9 cm³/mol.